The summed E-state index contributed by atoms with van der Waals surface area (Å²) in [5.74, 6) is 0.429. The van der Waals surface area contributed by atoms with Crippen LogP contribution in [0.2, 0.25) is 0 Å². The summed E-state index contributed by atoms with van der Waals surface area (Å²) < 4.78 is 0. The summed E-state index contributed by atoms with van der Waals surface area (Å²) in [6.07, 6.45) is 4.02. The molecule has 0 bridgehead atoms. The highest BCUT2D eigenvalue weighted by atomic mass is 35.5. The van der Waals surface area contributed by atoms with Gasteiger partial charge in [-0.2, -0.15) is 0 Å². The third kappa shape index (κ3) is 4.52. The van der Waals surface area contributed by atoms with Crippen molar-refractivity contribution in [2.24, 2.45) is 5.92 Å². The number of nitrogens with one attached hydrogen (secondary N) is 3. The van der Waals surface area contributed by atoms with Crippen molar-refractivity contribution in [3.8, 4) is 0 Å². The van der Waals surface area contributed by atoms with E-state index >= 15 is 0 Å². The molecule has 2 rings (SSSR count). The summed E-state index contributed by atoms with van der Waals surface area (Å²) in [7, 11) is 0. The fraction of sp³-hybridized carbons (Fsp3) is 0.818. The van der Waals surface area contributed by atoms with Crippen molar-refractivity contribution in [3.63, 3.8) is 0 Å². The fourth-order valence-corrected chi connectivity index (χ4v) is 1.89. The average Bonchev–Trinajstić information content (AvgIpc) is 2.99. The molecule has 0 unspecified atom stereocenters. The first-order chi connectivity index (χ1) is 7.77. The molecule has 1 saturated carbocycles. The normalized spacial score (nSPS) is 22.7. The molecule has 0 spiro atoms. The van der Waals surface area contributed by atoms with Crippen LogP contribution in [0.3, 0.4) is 0 Å². The van der Waals surface area contributed by atoms with Crippen molar-refractivity contribution >= 4 is 24.2 Å². The zero-order valence-electron chi connectivity index (χ0n) is 9.83. The number of hydrogen-bond acceptors (Lipinski definition) is 3. The van der Waals surface area contributed by atoms with Gasteiger partial charge in [-0.1, -0.05) is 0 Å². The first kappa shape index (κ1) is 14.3. The van der Waals surface area contributed by atoms with Crippen molar-refractivity contribution < 1.29 is 9.59 Å². The maximum Gasteiger partial charge on any atom is 0.237 e. The molecule has 1 aliphatic carbocycles. The monoisotopic (exact) mass is 261 g/mol. The van der Waals surface area contributed by atoms with Crippen LogP contribution in [0.5, 0.6) is 0 Å². The second-order valence-electron chi connectivity index (χ2n) is 4.51. The number of carbonyl (C=O) groups excluding carboxylic acids is 2. The summed E-state index contributed by atoms with van der Waals surface area (Å²) >= 11 is 0. The van der Waals surface area contributed by atoms with Crippen molar-refractivity contribution in [1.82, 2.24) is 16.0 Å². The maximum absolute atomic E-state index is 11.5. The average molecular weight is 262 g/mol. The standard InChI is InChI=1S/C11H19N3O2.ClH/c15-10(8-3-4-8)13-6-7-14-11(16)9-2-1-5-12-9;/h8-9,12H,1-7H2,(H,13,15)(H,14,16);1H/t9-;/m0./s1. The van der Waals surface area contributed by atoms with Crippen LogP contribution in [0.1, 0.15) is 25.7 Å². The predicted molar refractivity (Wildman–Crippen MR) is 67.0 cm³/mol. The predicted octanol–water partition coefficient (Wildman–Crippen LogP) is -0.197. The summed E-state index contributed by atoms with van der Waals surface area (Å²) in [5, 5.41) is 8.77. The minimum Gasteiger partial charge on any atom is -0.354 e. The number of rotatable bonds is 5. The van der Waals surface area contributed by atoms with E-state index in [1.165, 1.54) is 0 Å². The highest BCUT2D eigenvalue weighted by molar-refractivity contribution is 5.85. The first-order valence-electron chi connectivity index (χ1n) is 6.06. The lowest BCUT2D eigenvalue weighted by atomic mass is 10.2. The van der Waals surface area contributed by atoms with E-state index in [4.69, 9.17) is 0 Å². The second kappa shape index (κ2) is 6.81. The second-order valence-corrected chi connectivity index (χ2v) is 4.51. The molecular weight excluding hydrogens is 242 g/mol. The summed E-state index contributed by atoms with van der Waals surface area (Å²) in [4.78, 5) is 22.8. The van der Waals surface area contributed by atoms with Gasteiger partial charge < -0.3 is 16.0 Å². The Balaban J connectivity index is 0.00000144. The van der Waals surface area contributed by atoms with Crippen molar-refractivity contribution in [2.75, 3.05) is 19.6 Å². The smallest absolute Gasteiger partial charge is 0.237 e. The van der Waals surface area contributed by atoms with Gasteiger partial charge in [0, 0.05) is 19.0 Å². The van der Waals surface area contributed by atoms with Gasteiger partial charge in [-0.05, 0) is 32.2 Å². The van der Waals surface area contributed by atoms with E-state index < -0.39 is 0 Å². The number of halogens is 1. The Morgan fingerprint density at radius 2 is 1.71 bits per heavy atom. The van der Waals surface area contributed by atoms with Crippen LogP contribution >= 0.6 is 12.4 Å². The Bertz CT molecular complexity index is 276. The molecule has 3 N–H and O–H groups in total. The van der Waals surface area contributed by atoms with Gasteiger partial charge in [0.1, 0.15) is 0 Å². The van der Waals surface area contributed by atoms with Crippen LogP contribution in [-0.4, -0.2) is 37.5 Å². The molecule has 2 aliphatic rings. The van der Waals surface area contributed by atoms with Crippen LogP contribution in [-0.2, 0) is 9.59 Å². The van der Waals surface area contributed by atoms with Gasteiger partial charge in [0.25, 0.3) is 0 Å². The van der Waals surface area contributed by atoms with Crippen LogP contribution in [0.25, 0.3) is 0 Å². The van der Waals surface area contributed by atoms with E-state index in [9.17, 15) is 9.59 Å². The Morgan fingerprint density at radius 1 is 1.06 bits per heavy atom. The van der Waals surface area contributed by atoms with Gasteiger partial charge in [0.15, 0.2) is 0 Å². The zero-order chi connectivity index (χ0) is 11.4. The fourth-order valence-electron chi connectivity index (χ4n) is 1.89. The van der Waals surface area contributed by atoms with E-state index in [0.717, 1.165) is 32.2 Å². The highest BCUT2D eigenvalue weighted by Gasteiger charge is 2.29. The molecule has 0 aromatic heterocycles. The lowest BCUT2D eigenvalue weighted by molar-refractivity contribution is -0.124. The van der Waals surface area contributed by atoms with Crippen molar-refractivity contribution in [1.29, 1.82) is 0 Å². The summed E-state index contributed by atoms with van der Waals surface area (Å²) in [6.45, 7) is 1.99. The molecule has 1 saturated heterocycles. The molecule has 98 valence electrons. The van der Waals surface area contributed by atoms with Crippen LogP contribution < -0.4 is 16.0 Å². The van der Waals surface area contributed by atoms with Crippen LogP contribution in [0, 0.1) is 5.92 Å². The number of carbonyl (C=O) groups is 2. The lowest BCUT2D eigenvalue weighted by Crippen LogP contribution is -2.43. The molecule has 1 heterocycles. The Hall–Kier alpha value is -0.810. The van der Waals surface area contributed by atoms with E-state index in [1.54, 1.807) is 0 Å². The molecule has 1 aliphatic heterocycles. The Kier molecular flexibility index (Phi) is 5.71. The molecule has 5 nitrogen and oxygen atoms in total. The largest absolute Gasteiger partial charge is 0.354 e. The van der Waals surface area contributed by atoms with Crippen molar-refractivity contribution in [2.45, 2.75) is 31.7 Å². The quantitative estimate of drug-likeness (QED) is 0.601. The van der Waals surface area contributed by atoms with E-state index in [-0.39, 0.29) is 36.2 Å². The highest BCUT2D eigenvalue weighted by Crippen LogP contribution is 2.28. The SMILES string of the molecule is Cl.O=C(NCCNC(=O)[C@@H]1CCCN1)C1CC1. The van der Waals surface area contributed by atoms with Gasteiger partial charge in [-0.25, -0.2) is 0 Å². The third-order valence-corrected chi connectivity index (χ3v) is 3.05. The summed E-state index contributed by atoms with van der Waals surface area (Å²) in [5.41, 5.74) is 0. The van der Waals surface area contributed by atoms with E-state index in [2.05, 4.69) is 16.0 Å². The maximum atomic E-state index is 11.5. The topological polar surface area (TPSA) is 70.2 Å². The molecule has 0 radical (unpaired) electrons. The Morgan fingerprint density at radius 3 is 2.24 bits per heavy atom. The van der Waals surface area contributed by atoms with E-state index in [0.29, 0.717) is 13.1 Å². The Labute approximate surface area is 108 Å². The molecule has 17 heavy (non-hydrogen) atoms. The van der Waals surface area contributed by atoms with Gasteiger partial charge in [0.2, 0.25) is 11.8 Å². The molecule has 6 heteroatoms. The number of hydrogen-bond donors (Lipinski definition) is 3. The van der Waals surface area contributed by atoms with Gasteiger partial charge >= 0.3 is 0 Å². The molecule has 2 amide bonds. The molecule has 1 atom stereocenters. The summed E-state index contributed by atoms with van der Waals surface area (Å²) in [6, 6.07) is -0.0286. The molecule has 2 fully saturated rings. The van der Waals surface area contributed by atoms with Crippen molar-refractivity contribution in [3.05, 3.63) is 0 Å². The van der Waals surface area contributed by atoms with E-state index in [1.807, 2.05) is 0 Å². The van der Waals surface area contributed by atoms with Crippen LogP contribution in [0.4, 0.5) is 0 Å². The van der Waals surface area contributed by atoms with Crippen LogP contribution in [0.15, 0.2) is 0 Å². The van der Waals surface area contributed by atoms with Gasteiger partial charge in [0.05, 0.1) is 6.04 Å². The minimum absolute atomic E-state index is 0. The van der Waals surface area contributed by atoms with Gasteiger partial charge in [-0.3, -0.25) is 9.59 Å². The number of amides is 2. The minimum atomic E-state index is -0.0286. The first-order valence-corrected chi connectivity index (χ1v) is 6.06. The zero-order valence-corrected chi connectivity index (χ0v) is 10.6. The molecular formula is C11H20ClN3O2. The van der Waals surface area contributed by atoms with Gasteiger partial charge in [-0.15, -0.1) is 12.4 Å². The lowest BCUT2D eigenvalue weighted by Gasteiger charge is -2.11. The molecule has 0 aromatic rings. The molecule has 0 aromatic carbocycles. The third-order valence-electron chi connectivity index (χ3n) is 3.05.